The van der Waals surface area contributed by atoms with Crippen molar-refractivity contribution in [3.63, 3.8) is 0 Å². The average Bonchev–Trinajstić information content (AvgIpc) is 2.84. The third-order valence-corrected chi connectivity index (χ3v) is 3.33. The monoisotopic (exact) mass is 279 g/mol. The smallest absolute Gasteiger partial charge is 0.276 e. The van der Waals surface area contributed by atoms with Crippen LogP contribution in [0.25, 0.3) is 0 Å². The van der Waals surface area contributed by atoms with Gasteiger partial charge in [0.2, 0.25) is 5.89 Å². The van der Waals surface area contributed by atoms with Crippen molar-refractivity contribution in [3.05, 3.63) is 35.7 Å². The normalized spacial score (nSPS) is 10.6. The summed E-state index contributed by atoms with van der Waals surface area (Å²) >= 11 is 1.54. The lowest BCUT2D eigenvalue weighted by Crippen LogP contribution is -2.00. The van der Waals surface area contributed by atoms with Crippen molar-refractivity contribution in [1.29, 1.82) is 0 Å². The highest BCUT2D eigenvalue weighted by molar-refractivity contribution is 7.99. The Hall–Kier alpha value is -1.53. The lowest BCUT2D eigenvalue weighted by atomic mass is 10.2. The van der Waals surface area contributed by atoms with E-state index in [1.807, 2.05) is 24.3 Å². The zero-order valence-corrected chi connectivity index (χ0v) is 11.7. The first kappa shape index (κ1) is 13.9. The van der Waals surface area contributed by atoms with Crippen LogP contribution >= 0.6 is 11.8 Å². The second-order valence-electron chi connectivity index (χ2n) is 3.99. The van der Waals surface area contributed by atoms with Crippen LogP contribution in [0, 0.1) is 6.92 Å². The molecule has 0 unspecified atom stereocenters. The quantitative estimate of drug-likeness (QED) is 0.619. The number of hydrogen-bond acceptors (Lipinski definition) is 6. The summed E-state index contributed by atoms with van der Waals surface area (Å²) in [6.07, 6.45) is 0.916. The van der Waals surface area contributed by atoms with E-state index >= 15 is 0 Å². The van der Waals surface area contributed by atoms with E-state index < -0.39 is 0 Å². The van der Waals surface area contributed by atoms with Crippen molar-refractivity contribution < 1.29 is 9.15 Å². The molecule has 1 heterocycles. The fourth-order valence-corrected chi connectivity index (χ4v) is 2.22. The SMILES string of the molecule is Cc1nnc(SCCCOc2cccc(CN)c2)o1. The molecule has 0 atom stereocenters. The highest BCUT2D eigenvalue weighted by atomic mass is 32.2. The van der Waals surface area contributed by atoms with Crippen molar-refractivity contribution in [2.75, 3.05) is 12.4 Å². The number of hydrogen-bond donors (Lipinski definition) is 1. The van der Waals surface area contributed by atoms with Crippen LogP contribution in [0.1, 0.15) is 17.9 Å². The summed E-state index contributed by atoms with van der Waals surface area (Å²) in [5, 5.41) is 8.30. The third-order valence-electron chi connectivity index (χ3n) is 2.42. The zero-order chi connectivity index (χ0) is 13.5. The molecule has 1 aromatic carbocycles. The van der Waals surface area contributed by atoms with Crippen LogP contribution in [0.15, 0.2) is 33.9 Å². The number of rotatable bonds is 7. The van der Waals surface area contributed by atoms with E-state index in [1.54, 1.807) is 18.7 Å². The van der Waals surface area contributed by atoms with Crippen LogP contribution in [0.2, 0.25) is 0 Å². The number of nitrogens with two attached hydrogens (primary N) is 1. The van der Waals surface area contributed by atoms with E-state index in [-0.39, 0.29) is 0 Å². The molecule has 2 aromatic rings. The first-order valence-corrected chi connectivity index (χ1v) is 7.11. The Bertz CT molecular complexity index is 516. The molecule has 0 saturated heterocycles. The Labute approximate surface area is 116 Å². The lowest BCUT2D eigenvalue weighted by molar-refractivity contribution is 0.318. The van der Waals surface area contributed by atoms with Gasteiger partial charge in [0.05, 0.1) is 6.61 Å². The summed E-state index contributed by atoms with van der Waals surface area (Å²) in [5.74, 6) is 2.34. The van der Waals surface area contributed by atoms with E-state index in [0.29, 0.717) is 24.3 Å². The van der Waals surface area contributed by atoms with Gasteiger partial charge in [0, 0.05) is 19.2 Å². The highest BCUT2D eigenvalue weighted by Gasteiger charge is 2.02. The van der Waals surface area contributed by atoms with Crippen molar-refractivity contribution in [2.45, 2.75) is 25.1 Å². The van der Waals surface area contributed by atoms with Gasteiger partial charge >= 0.3 is 0 Å². The van der Waals surface area contributed by atoms with E-state index in [1.165, 1.54) is 0 Å². The van der Waals surface area contributed by atoms with Gasteiger partial charge in [-0.2, -0.15) is 0 Å². The number of benzene rings is 1. The Morgan fingerprint density at radius 3 is 3.00 bits per heavy atom. The maximum Gasteiger partial charge on any atom is 0.276 e. The minimum atomic E-state index is 0.531. The molecule has 0 aliphatic rings. The molecule has 5 nitrogen and oxygen atoms in total. The van der Waals surface area contributed by atoms with Crippen LogP contribution in [0.4, 0.5) is 0 Å². The number of aryl methyl sites for hydroxylation is 1. The summed E-state index contributed by atoms with van der Waals surface area (Å²) in [4.78, 5) is 0. The van der Waals surface area contributed by atoms with Gasteiger partial charge in [0.1, 0.15) is 5.75 Å². The molecule has 0 aliphatic heterocycles. The van der Waals surface area contributed by atoms with Gasteiger partial charge in [-0.3, -0.25) is 0 Å². The number of nitrogens with zero attached hydrogens (tertiary/aromatic N) is 2. The molecule has 0 aliphatic carbocycles. The molecular formula is C13H17N3O2S. The average molecular weight is 279 g/mol. The molecule has 2 rings (SSSR count). The van der Waals surface area contributed by atoms with Gasteiger partial charge < -0.3 is 14.9 Å². The molecule has 6 heteroatoms. The minimum Gasteiger partial charge on any atom is -0.494 e. The molecule has 0 amide bonds. The summed E-state index contributed by atoms with van der Waals surface area (Å²) in [6.45, 7) is 2.97. The number of aromatic nitrogens is 2. The zero-order valence-electron chi connectivity index (χ0n) is 10.8. The highest BCUT2D eigenvalue weighted by Crippen LogP contribution is 2.17. The molecule has 19 heavy (non-hydrogen) atoms. The Morgan fingerprint density at radius 1 is 1.37 bits per heavy atom. The molecule has 2 N–H and O–H groups in total. The van der Waals surface area contributed by atoms with Crippen molar-refractivity contribution in [2.24, 2.45) is 5.73 Å². The molecule has 0 bridgehead atoms. The first-order chi connectivity index (χ1) is 9.28. The topological polar surface area (TPSA) is 74.2 Å². The van der Waals surface area contributed by atoms with Crippen molar-refractivity contribution in [3.8, 4) is 5.75 Å². The Morgan fingerprint density at radius 2 is 2.26 bits per heavy atom. The second-order valence-corrected chi connectivity index (χ2v) is 5.04. The maximum atomic E-state index is 5.66. The summed E-state index contributed by atoms with van der Waals surface area (Å²) in [6, 6.07) is 7.84. The molecule has 1 aromatic heterocycles. The van der Waals surface area contributed by atoms with E-state index in [2.05, 4.69) is 10.2 Å². The second kappa shape index (κ2) is 7.16. The van der Waals surface area contributed by atoms with E-state index in [0.717, 1.165) is 23.5 Å². The largest absolute Gasteiger partial charge is 0.494 e. The predicted molar refractivity (Wildman–Crippen MR) is 74.2 cm³/mol. The summed E-state index contributed by atoms with van der Waals surface area (Å²) in [5.41, 5.74) is 6.66. The number of thioether (sulfide) groups is 1. The van der Waals surface area contributed by atoms with Gasteiger partial charge in [-0.05, 0) is 24.1 Å². The molecule has 0 fully saturated rings. The molecule has 0 radical (unpaired) electrons. The summed E-state index contributed by atoms with van der Waals surface area (Å²) in [7, 11) is 0. The Kier molecular flexibility index (Phi) is 5.23. The fraction of sp³-hybridized carbons (Fsp3) is 0.385. The minimum absolute atomic E-state index is 0.531. The van der Waals surface area contributed by atoms with Crippen molar-refractivity contribution in [1.82, 2.24) is 10.2 Å². The van der Waals surface area contributed by atoms with E-state index in [4.69, 9.17) is 14.9 Å². The lowest BCUT2D eigenvalue weighted by Gasteiger charge is -2.06. The fourth-order valence-electron chi connectivity index (χ4n) is 1.51. The molecule has 0 saturated carbocycles. The van der Waals surface area contributed by atoms with Gasteiger partial charge in [-0.1, -0.05) is 23.9 Å². The first-order valence-electron chi connectivity index (χ1n) is 6.12. The van der Waals surface area contributed by atoms with Crippen molar-refractivity contribution >= 4 is 11.8 Å². The molecule has 0 spiro atoms. The van der Waals surface area contributed by atoms with Crippen LogP contribution in [0.3, 0.4) is 0 Å². The predicted octanol–water partition coefficient (Wildman–Crippen LogP) is 2.40. The third kappa shape index (κ3) is 4.57. The standard InChI is InChI=1S/C13H17N3O2S/c1-10-15-16-13(18-10)19-7-3-6-17-12-5-2-4-11(8-12)9-14/h2,4-5,8H,3,6-7,9,14H2,1H3. The van der Waals surface area contributed by atoms with Gasteiger partial charge in [0.25, 0.3) is 5.22 Å². The van der Waals surface area contributed by atoms with Crippen LogP contribution in [-0.2, 0) is 6.54 Å². The van der Waals surface area contributed by atoms with E-state index in [9.17, 15) is 0 Å². The van der Waals surface area contributed by atoms with Crippen LogP contribution < -0.4 is 10.5 Å². The Balaban J connectivity index is 1.66. The maximum absolute atomic E-state index is 5.66. The summed E-state index contributed by atoms with van der Waals surface area (Å²) < 4.78 is 10.9. The van der Waals surface area contributed by atoms with Crippen LogP contribution in [0.5, 0.6) is 5.75 Å². The van der Waals surface area contributed by atoms with Gasteiger partial charge in [-0.25, -0.2) is 0 Å². The number of ether oxygens (including phenoxy) is 1. The van der Waals surface area contributed by atoms with Gasteiger partial charge in [0.15, 0.2) is 0 Å². The molecular weight excluding hydrogens is 262 g/mol. The molecule has 102 valence electrons. The van der Waals surface area contributed by atoms with Gasteiger partial charge in [-0.15, -0.1) is 10.2 Å². The van der Waals surface area contributed by atoms with Crippen LogP contribution in [-0.4, -0.2) is 22.6 Å².